The van der Waals surface area contributed by atoms with Gasteiger partial charge in [0.05, 0.1) is 0 Å². The largest absolute Gasteiger partial charge is 0.289 e. The second kappa shape index (κ2) is 7.84. The van der Waals surface area contributed by atoms with Crippen molar-refractivity contribution in [2.45, 2.75) is 0 Å². The molecule has 0 atom stereocenters. The minimum atomic E-state index is -2.21. The van der Waals surface area contributed by atoms with Crippen LogP contribution in [0.2, 0.25) is 0 Å². The molecule has 4 rings (SSSR count). The van der Waals surface area contributed by atoms with Gasteiger partial charge in [-0.3, -0.25) is 4.79 Å². The highest BCUT2D eigenvalue weighted by molar-refractivity contribution is 7.93. The Hall–Kier alpha value is -3.15. The standard InChI is InChI=1S/C26H21OP/c1-28(22-15-7-3-8-16-22,23-17-9-4-10-18-23)25-20-12-11-19-24(25)26(27)21-13-5-2-6-14-21/h2-20H,1H2. The van der Waals surface area contributed by atoms with E-state index in [2.05, 4.69) is 30.3 Å². The molecule has 0 bridgehead atoms. The van der Waals surface area contributed by atoms with E-state index in [-0.39, 0.29) is 5.78 Å². The predicted octanol–water partition coefficient (Wildman–Crippen LogP) is 4.64. The number of benzene rings is 4. The van der Waals surface area contributed by atoms with Crippen LogP contribution in [0.1, 0.15) is 15.9 Å². The van der Waals surface area contributed by atoms with Crippen LogP contribution in [-0.2, 0) is 0 Å². The Balaban J connectivity index is 1.97. The maximum Gasteiger partial charge on any atom is 0.193 e. The van der Waals surface area contributed by atoms with Crippen molar-refractivity contribution in [1.29, 1.82) is 0 Å². The zero-order chi connectivity index (χ0) is 19.4. The molecule has 0 aromatic heterocycles. The fourth-order valence-corrected chi connectivity index (χ4v) is 6.68. The maximum absolute atomic E-state index is 13.4. The summed E-state index contributed by atoms with van der Waals surface area (Å²) in [7, 11) is 0. The number of rotatable bonds is 5. The molecule has 0 N–H and O–H groups in total. The molecule has 0 amide bonds. The van der Waals surface area contributed by atoms with E-state index in [4.69, 9.17) is 6.30 Å². The van der Waals surface area contributed by atoms with Gasteiger partial charge < -0.3 is 0 Å². The number of hydrogen-bond acceptors (Lipinski definition) is 1. The molecule has 0 saturated carbocycles. The Morgan fingerprint density at radius 2 is 1.00 bits per heavy atom. The molecule has 2 heteroatoms. The van der Waals surface area contributed by atoms with Crippen molar-refractivity contribution in [3.63, 3.8) is 0 Å². The van der Waals surface area contributed by atoms with E-state index in [9.17, 15) is 4.79 Å². The van der Waals surface area contributed by atoms with Crippen molar-refractivity contribution >= 4 is 34.9 Å². The molecular formula is C26H21OP. The van der Waals surface area contributed by atoms with Crippen molar-refractivity contribution < 1.29 is 4.79 Å². The van der Waals surface area contributed by atoms with Crippen LogP contribution in [-0.4, -0.2) is 12.1 Å². The highest BCUT2D eigenvalue weighted by Crippen LogP contribution is 2.42. The molecule has 0 fully saturated rings. The van der Waals surface area contributed by atoms with E-state index in [0.717, 1.165) is 21.5 Å². The summed E-state index contributed by atoms with van der Waals surface area (Å²) in [5, 5.41) is 3.34. The van der Waals surface area contributed by atoms with E-state index in [1.54, 1.807) is 0 Å². The highest BCUT2D eigenvalue weighted by atomic mass is 31.2. The van der Waals surface area contributed by atoms with Gasteiger partial charge in [-0.2, -0.15) is 0 Å². The maximum atomic E-state index is 13.4. The molecule has 0 unspecified atom stereocenters. The van der Waals surface area contributed by atoms with Crippen molar-refractivity contribution in [2.24, 2.45) is 0 Å². The zero-order valence-corrected chi connectivity index (χ0v) is 16.4. The lowest BCUT2D eigenvalue weighted by molar-refractivity contribution is 0.104. The van der Waals surface area contributed by atoms with Gasteiger partial charge in [-0.25, -0.2) is 0 Å². The molecule has 0 aliphatic rings. The van der Waals surface area contributed by atoms with Crippen LogP contribution in [0.4, 0.5) is 0 Å². The minimum Gasteiger partial charge on any atom is -0.289 e. The molecule has 0 aliphatic heterocycles. The summed E-state index contributed by atoms with van der Waals surface area (Å²) in [6, 6.07) is 38.1. The summed E-state index contributed by atoms with van der Waals surface area (Å²) in [5.74, 6) is 0.0380. The first kappa shape index (κ1) is 18.2. The van der Waals surface area contributed by atoms with E-state index in [1.165, 1.54) is 0 Å². The highest BCUT2D eigenvalue weighted by Gasteiger charge is 2.27. The van der Waals surface area contributed by atoms with Crippen LogP contribution in [0.15, 0.2) is 115 Å². The molecule has 1 nitrogen and oxygen atoms in total. The Kier molecular flexibility index (Phi) is 5.10. The smallest absolute Gasteiger partial charge is 0.193 e. The Labute approximate surface area is 166 Å². The lowest BCUT2D eigenvalue weighted by Crippen LogP contribution is -2.29. The van der Waals surface area contributed by atoms with Crippen LogP contribution < -0.4 is 15.9 Å². The lowest BCUT2D eigenvalue weighted by Gasteiger charge is -2.28. The van der Waals surface area contributed by atoms with E-state index in [1.807, 2.05) is 84.9 Å². The van der Waals surface area contributed by atoms with Crippen LogP contribution in [0, 0.1) is 0 Å². The number of carbonyl (C=O) groups excluding carboxylic acids is 1. The molecule has 4 aromatic rings. The van der Waals surface area contributed by atoms with Crippen molar-refractivity contribution in [1.82, 2.24) is 0 Å². The molecular weight excluding hydrogens is 359 g/mol. The van der Waals surface area contributed by atoms with Gasteiger partial charge in [0, 0.05) is 11.1 Å². The summed E-state index contributed by atoms with van der Waals surface area (Å²) >= 11 is 0. The quantitative estimate of drug-likeness (QED) is 0.364. The van der Waals surface area contributed by atoms with E-state index >= 15 is 0 Å². The Morgan fingerprint density at radius 3 is 1.54 bits per heavy atom. The predicted molar refractivity (Wildman–Crippen MR) is 122 cm³/mol. The van der Waals surface area contributed by atoms with Gasteiger partial charge in [0.15, 0.2) is 5.78 Å². The van der Waals surface area contributed by atoms with Crippen LogP contribution in [0.3, 0.4) is 0 Å². The molecule has 0 aliphatic carbocycles. The first-order chi connectivity index (χ1) is 13.7. The third-order valence-electron chi connectivity index (χ3n) is 4.99. The third-order valence-corrected chi connectivity index (χ3v) is 8.56. The monoisotopic (exact) mass is 380 g/mol. The second-order valence-electron chi connectivity index (χ2n) is 6.69. The zero-order valence-electron chi connectivity index (χ0n) is 15.5. The molecule has 28 heavy (non-hydrogen) atoms. The molecule has 0 spiro atoms. The summed E-state index contributed by atoms with van der Waals surface area (Å²) in [6.07, 6.45) is 4.78. The minimum absolute atomic E-state index is 0.0380. The molecule has 4 aromatic carbocycles. The average molecular weight is 380 g/mol. The van der Waals surface area contributed by atoms with Gasteiger partial charge in [-0.05, 0) is 22.8 Å². The summed E-state index contributed by atoms with van der Waals surface area (Å²) < 4.78 is 0. The number of hydrogen-bond donors (Lipinski definition) is 0. The van der Waals surface area contributed by atoms with Crippen LogP contribution >= 0.6 is 6.89 Å². The summed E-state index contributed by atoms with van der Waals surface area (Å²) in [5.41, 5.74) is 1.42. The second-order valence-corrected chi connectivity index (χ2v) is 9.83. The first-order valence-corrected chi connectivity index (χ1v) is 11.2. The summed E-state index contributed by atoms with van der Waals surface area (Å²) in [6.45, 7) is -2.21. The van der Waals surface area contributed by atoms with Gasteiger partial charge in [0.1, 0.15) is 0 Å². The van der Waals surface area contributed by atoms with Gasteiger partial charge in [-0.1, -0.05) is 122 Å². The number of ketones is 1. The van der Waals surface area contributed by atoms with Gasteiger partial charge in [0.2, 0.25) is 0 Å². The molecule has 0 heterocycles. The van der Waals surface area contributed by atoms with Crippen molar-refractivity contribution in [2.75, 3.05) is 0 Å². The Morgan fingerprint density at radius 1 is 0.571 bits per heavy atom. The molecule has 0 radical (unpaired) electrons. The SMILES string of the molecule is C=P(c1ccccc1)(c1ccccc1)c1ccccc1C(=O)c1ccccc1. The first-order valence-electron chi connectivity index (χ1n) is 9.25. The van der Waals surface area contributed by atoms with E-state index in [0.29, 0.717) is 5.56 Å². The van der Waals surface area contributed by atoms with Crippen molar-refractivity contribution in [3.8, 4) is 0 Å². The van der Waals surface area contributed by atoms with Gasteiger partial charge >= 0.3 is 0 Å². The molecule has 136 valence electrons. The molecule has 0 saturated heterocycles. The van der Waals surface area contributed by atoms with Crippen LogP contribution in [0.25, 0.3) is 0 Å². The van der Waals surface area contributed by atoms with Crippen molar-refractivity contribution in [3.05, 3.63) is 126 Å². The van der Waals surface area contributed by atoms with Gasteiger partial charge in [0.25, 0.3) is 0 Å². The lowest BCUT2D eigenvalue weighted by atomic mass is 10.0. The fraction of sp³-hybridized carbons (Fsp3) is 0. The topological polar surface area (TPSA) is 17.1 Å². The number of carbonyl (C=O) groups is 1. The normalized spacial score (nSPS) is 11.1. The van der Waals surface area contributed by atoms with Crippen LogP contribution in [0.5, 0.6) is 0 Å². The van der Waals surface area contributed by atoms with Gasteiger partial charge in [-0.15, -0.1) is 0 Å². The average Bonchev–Trinajstić information content (AvgIpc) is 2.80. The summed E-state index contributed by atoms with van der Waals surface area (Å²) in [4.78, 5) is 13.4. The van der Waals surface area contributed by atoms with E-state index < -0.39 is 6.89 Å². The fourth-order valence-electron chi connectivity index (χ4n) is 3.54. The Bertz CT molecular complexity index is 1090. The third kappa shape index (κ3) is 3.26.